The number of nitrogens with zero attached hydrogens (tertiary/aromatic N) is 2. The molecule has 1 saturated heterocycles. The lowest BCUT2D eigenvalue weighted by Crippen LogP contribution is -2.48. The zero-order valence-electron chi connectivity index (χ0n) is 11.4. The van der Waals surface area contributed by atoms with Crippen LogP contribution in [0.3, 0.4) is 0 Å². The minimum absolute atomic E-state index is 0.224. The second-order valence-electron chi connectivity index (χ2n) is 6.63. The number of hydrogen-bond acceptors (Lipinski definition) is 3. The molecule has 0 atom stereocenters. The minimum atomic E-state index is 0.224. The maximum Gasteiger partial charge on any atom is 0.0312 e. The normalized spacial score (nSPS) is 25.9. The molecule has 1 aromatic rings. The molecule has 3 nitrogen and oxygen atoms in total. The van der Waals surface area contributed by atoms with Crippen LogP contribution < -0.4 is 5.32 Å². The van der Waals surface area contributed by atoms with Gasteiger partial charge in [0.15, 0.2) is 0 Å². The molecule has 0 unspecified atom stereocenters. The molecule has 1 spiro atoms. The van der Waals surface area contributed by atoms with Crippen LogP contribution in [-0.4, -0.2) is 35.1 Å². The van der Waals surface area contributed by atoms with Gasteiger partial charge in [-0.25, -0.2) is 0 Å². The first-order chi connectivity index (χ1) is 8.60. The van der Waals surface area contributed by atoms with E-state index in [-0.39, 0.29) is 5.54 Å². The average molecular weight is 245 g/mol. The maximum absolute atomic E-state index is 4.23. The first-order valence-electron chi connectivity index (χ1n) is 6.94. The van der Waals surface area contributed by atoms with Crippen LogP contribution >= 0.6 is 0 Å². The highest BCUT2D eigenvalue weighted by atomic mass is 15.2. The molecule has 0 amide bonds. The molecule has 0 radical (unpaired) electrons. The monoisotopic (exact) mass is 245 g/mol. The standard InChI is InChI=1S/C15H23N3/c1-14(2)10-17-11-15(5-6-15)12-18(14)9-13-4-3-7-16-8-13/h3-4,7-8,17H,5-6,9-12H2,1-2H3. The Morgan fingerprint density at radius 2 is 2.17 bits per heavy atom. The fourth-order valence-corrected chi connectivity index (χ4v) is 2.91. The van der Waals surface area contributed by atoms with Crippen molar-refractivity contribution in [2.24, 2.45) is 5.41 Å². The van der Waals surface area contributed by atoms with Crippen molar-refractivity contribution in [1.82, 2.24) is 15.2 Å². The lowest BCUT2D eigenvalue weighted by atomic mass is 10.0. The van der Waals surface area contributed by atoms with E-state index in [4.69, 9.17) is 0 Å². The average Bonchev–Trinajstić information content (AvgIpc) is 3.10. The fourth-order valence-electron chi connectivity index (χ4n) is 2.91. The van der Waals surface area contributed by atoms with Gasteiger partial charge in [0.05, 0.1) is 0 Å². The van der Waals surface area contributed by atoms with Gasteiger partial charge in [-0.1, -0.05) is 6.07 Å². The third-order valence-electron chi connectivity index (χ3n) is 4.49. The Labute approximate surface area is 110 Å². The minimum Gasteiger partial charge on any atom is -0.314 e. The summed E-state index contributed by atoms with van der Waals surface area (Å²) in [6.07, 6.45) is 6.62. The van der Waals surface area contributed by atoms with E-state index in [1.165, 1.54) is 31.5 Å². The molecule has 0 aromatic carbocycles. The zero-order chi connectivity index (χ0) is 12.6. The topological polar surface area (TPSA) is 28.2 Å². The van der Waals surface area contributed by atoms with E-state index in [0.29, 0.717) is 5.41 Å². The van der Waals surface area contributed by atoms with E-state index in [2.05, 4.69) is 35.1 Å². The number of rotatable bonds is 2. The predicted octanol–water partition coefficient (Wildman–Crippen LogP) is 2.05. The van der Waals surface area contributed by atoms with Crippen molar-refractivity contribution >= 4 is 0 Å². The van der Waals surface area contributed by atoms with E-state index in [1.54, 1.807) is 0 Å². The van der Waals surface area contributed by atoms with Crippen LogP contribution in [0.5, 0.6) is 0 Å². The Hall–Kier alpha value is -0.930. The molecule has 0 bridgehead atoms. The predicted molar refractivity (Wildman–Crippen MR) is 73.3 cm³/mol. The van der Waals surface area contributed by atoms with Crippen molar-refractivity contribution in [3.63, 3.8) is 0 Å². The van der Waals surface area contributed by atoms with Gasteiger partial charge < -0.3 is 5.32 Å². The molecule has 18 heavy (non-hydrogen) atoms. The second-order valence-corrected chi connectivity index (χ2v) is 6.63. The molecule has 2 heterocycles. The van der Waals surface area contributed by atoms with Gasteiger partial charge in [0.25, 0.3) is 0 Å². The Balaban J connectivity index is 1.78. The van der Waals surface area contributed by atoms with Crippen molar-refractivity contribution in [2.75, 3.05) is 19.6 Å². The van der Waals surface area contributed by atoms with E-state index < -0.39 is 0 Å². The van der Waals surface area contributed by atoms with E-state index in [9.17, 15) is 0 Å². The van der Waals surface area contributed by atoms with Gasteiger partial charge in [-0.2, -0.15) is 0 Å². The molecule has 1 saturated carbocycles. The Bertz CT molecular complexity index is 409. The molecule has 1 aliphatic carbocycles. The van der Waals surface area contributed by atoms with Crippen molar-refractivity contribution in [2.45, 2.75) is 38.8 Å². The number of aromatic nitrogens is 1. The molecule has 2 aliphatic rings. The van der Waals surface area contributed by atoms with Crippen LogP contribution in [0.15, 0.2) is 24.5 Å². The highest BCUT2D eigenvalue weighted by Crippen LogP contribution is 2.47. The molecule has 2 fully saturated rings. The van der Waals surface area contributed by atoms with Crippen LogP contribution in [-0.2, 0) is 6.54 Å². The quantitative estimate of drug-likeness (QED) is 0.864. The third kappa shape index (κ3) is 2.43. The number of hydrogen-bond donors (Lipinski definition) is 1. The molecule has 3 heteroatoms. The highest BCUT2D eigenvalue weighted by molar-refractivity contribution is 5.11. The largest absolute Gasteiger partial charge is 0.314 e. The summed E-state index contributed by atoms with van der Waals surface area (Å²) in [5, 5.41) is 3.65. The summed E-state index contributed by atoms with van der Waals surface area (Å²) in [5.74, 6) is 0. The van der Waals surface area contributed by atoms with Gasteiger partial charge in [0, 0.05) is 44.1 Å². The summed E-state index contributed by atoms with van der Waals surface area (Å²) in [4.78, 5) is 6.87. The first kappa shape index (κ1) is 12.1. The SMILES string of the molecule is CC1(C)CNCC2(CC2)CN1Cc1cccnc1. The fraction of sp³-hybridized carbons (Fsp3) is 0.667. The highest BCUT2D eigenvalue weighted by Gasteiger charge is 2.47. The van der Waals surface area contributed by atoms with Gasteiger partial charge in [0.1, 0.15) is 0 Å². The lowest BCUT2D eigenvalue weighted by Gasteiger charge is -2.38. The molecule has 1 aliphatic heterocycles. The smallest absolute Gasteiger partial charge is 0.0312 e. The van der Waals surface area contributed by atoms with Crippen molar-refractivity contribution in [3.8, 4) is 0 Å². The van der Waals surface area contributed by atoms with Gasteiger partial charge in [0.2, 0.25) is 0 Å². The molecular formula is C15H23N3. The van der Waals surface area contributed by atoms with Gasteiger partial charge in [-0.15, -0.1) is 0 Å². The van der Waals surface area contributed by atoms with E-state index in [1.807, 2.05) is 18.5 Å². The summed E-state index contributed by atoms with van der Waals surface area (Å²) in [5.41, 5.74) is 2.11. The van der Waals surface area contributed by atoms with Crippen LogP contribution in [0, 0.1) is 5.41 Å². The summed E-state index contributed by atoms with van der Waals surface area (Å²) in [7, 11) is 0. The van der Waals surface area contributed by atoms with Gasteiger partial charge >= 0.3 is 0 Å². The van der Waals surface area contributed by atoms with Gasteiger partial charge in [-0.05, 0) is 43.7 Å². The summed E-state index contributed by atoms with van der Waals surface area (Å²) >= 11 is 0. The summed E-state index contributed by atoms with van der Waals surface area (Å²) < 4.78 is 0. The third-order valence-corrected chi connectivity index (χ3v) is 4.49. The van der Waals surface area contributed by atoms with Crippen LogP contribution in [0.1, 0.15) is 32.3 Å². The van der Waals surface area contributed by atoms with Crippen molar-refractivity contribution < 1.29 is 0 Å². The molecule has 98 valence electrons. The first-order valence-corrected chi connectivity index (χ1v) is 6.94. The molecular weight excluding hydrogens is 222 g/mol. The van der Waals surface area contributed by atoms with Gasteiger partial charge in [-0.3, -0.25) is 9.88 Å². The van der Waals surface area contributed by atoms with Crippen LogP contribution in [0.25, 0.3) is 0 Å². The van der Waals surface area contributed by atoms with E-state index in [0.717, 1.165) is 13.1 Å². The lowest BCUT2D eigenvalue weighted by molar-refractivity contribution is 0.107. The zero-order valence-corrected chi connectivity index (χ0v) is 11.4. The Kier molecular flexibility index (Phi) is 2.91. The summed E-state index contributed by atoms with van der Waals surface area (Å²) in [6.45, 7) is 9.21. The number of nitrogens with one attached hydrogen (secondary N) is 1. The second kappa shape index (κ2) is 4.32. The van der Waals surface area contributed by atoms with Crippen LogP contribution in [0.4, 0.5) is 0 Å². The molecule has 1 N–H and O–H groups in total. The Morgan fingerprint density at radius 1 is 1.33 bits per heavy atom. The number of pyridine rings is 1. The maximum atomic E-state index is 4.23. The van der Waals surface area contributed by atoms with Crippen molar-refractivity contribution in [1.29, 1.82) is 0 Å². The molecule has 1 aromatic heterocycles. The van der Waals surface area contributed by atoms with E-state index >= 15 is 0 Å². The Morgan fingerprint density at radius 3 is 2.83 bits per heavy atom. The van der Waals surface area contributed by atoms with Crippen molar-refractivity contribution in [3.05, 3.63) is 30.1 Å². The van der Waals surface area contributed by atoms with Crippen LogP contribution in [0.2, 0.25) is 0 Å². The molecule has 3 rings (SSSR count). The summed E-state index contributed by atoms with van der Waals surface area (Å²) in [6, 6.07) is 4.21.